The number of ether oxygens (including phenoxy) is 1. The van der Waals surface area contributed by atoms with Gasteiger partial charge >= 0.3 is 0 Å². The van der Waals surface area contributed by atoms with Crippen molar-refractivity contribution in [3.63, 3.8) is 0 Å². The minimum Gasteiger partial charge on any atom is -0.360 e. The fourth-order valence-electron chi connectivity index (χ4n) is 3.43. The first-order chi connectivity index (χ1) is 12.6. The van der Waals surface area contributed by atoms with E-state index in [1.807, 2.05) is 6.92 Å². The molecule has 0 spiro atoms. The van der Waals surface area contributed by atoms with Gasteiger partial charge in [-0.15, -0.1) is 0 Å². The predicted octanol–water partition coefficient (Wildman–Crippen LogP) is 7.00. The second-order valence-electron chi connectivity index (χ2n) is 7.92. The SMILES string of the molecule is CCCCCCCCCCCCCCCCCCC(C)OC(C)[SH](=O)=O. The molecule has 0 amide bonds. The van der Waals surface area contributed by atoms with Crippen LogP contribution in [0.4, 0.5) is 0 Å². The molecule has 0 fully saturated rings. The summed E-state index contributed by atoms with van der Waals surface area (Å²) < 4.78 is 27.0. The zero-order valence-corrected chi connectivity index (χ0v) is 18.7. The Morgan fingerprint density at radius 2 is 0.962 bits per heavy atom. The summed E-state index contributed by atoms with van der Waals surface area (Å²) in [6.07, 6.45) is 23.0. The summed E-state index contributed by atoms with van der Waals surface area (Å²) in [6, 6.07) is 0. The van der Waals surface area contributed by atoms with Crippen LogP contribution < -0.4 is 0 Å². The lowest BCUT2D eigenvalue weighted by Crippen LogP contribution is -2.18. The van der Waals surface area contributed by atoms with Crippen molar-refractivity contribution in [1.82, 2.24) is 0 Å². The molecule has 0 saturated heterocycles. The van der Waals surface area contributed by atoms with Gasteiger partial charge in [-0.3, -0.25) is 0 Å². The van der Waals surface area contributed by atoms with Crippen molar-refractivity contribution in [2.75, 3.05) is 0 Å². The Bertz CT molecular complexity index is 347. The monoisotopic (exact) mass is 390 g/mol. The van der Waals surface area contributed by atoms with Gasteiger partial charge in [-0.1, -0.05) is 110 Å². The Morgan fingerprint density at radius 1 is 0.615 bits per heavy atom. The van der Waals surface area contributed by atoms with Gasteiger partial charge in [0.25, 0.3) is 0 Å². The van der Waals surface area contributed by atoms with Crippen molar-refractivity contribution in [2.24, 2.45) is 0 Å². The second kappa shape index (κ2) is 19.7. The molecule has 2 unspecified atom stereocenters. The normalized spacial score (nSPS) is 14.0. The van der Waals surface area contributed by atoms with Gasteiger partial charge in [0.15, 0.2) is 16.1 Å². The minimum absolute atomic E-state index is 0.0459. The second-order valence-corrected chi connectivity index (χ2v) is 9.22. The third kappa shape index (κ3) is 18.7. The molecular formula is C22H46O3S. The molecule has 4 heteroatoms. The smallest absolute Gasteiger partial charge is 0.166 e. The quantitative estimate of drug-likeness (QED) is 0.180. The highest BCUT2D eigenvalue weighted by atomic mass is 32.2. The molecule has 158 valence electrons. The van der Waals surface area contributed by atoms with E-state index < -0.39 is 16.1 Å². The van der Waals surface area contributed by atoms with E-state index >= 15 is 0 Å². The largest absolute Gasteiger partial charge is 0.360 e. The van der Waals surface area contributed by atoms with Gasteiger partial charge in [-0.25, -0.2) is 8.42 Å². The highest BCUT2D eigenvalue weighted by Gasteiger charge is 2.09. The Hall–Kier alpha value is -0.0900. The number of hydrogen-bond donors (Lipinski definition) is 1. The predicted molar refractivity (Wildman–Crippen MR) is 114 cm³/mol. The van der Waals surface area contributed by atoms with Gasteiger partial charge in [-0.2, -0.15) is 0 Å². The van der Waals surface area contributed by atoms with Gasteiger partial charge in [0.2, 0.25) is 0 Å². The van der Waals surface area contributed by atoms with Crippen LogP contribution >= 0.6 is 0 Å². The summed E-state index contributed by atoms with van der Waals surface area (Å²) >= 11 is 0. The average molecular weight is 391 g/mol. The van der Waals surface area contributed by atoms with Crippen LogP contribution in [0, 0.1) is 0 Å². The van der Waals surface area contributed by atoms with Crippen LogP contribution in [0.3, 0.4) is 0 Å². The molecule has 3 nitrogen and oxygen atoms in total. The van der Waals surface area contributed by atoms with Crippen molar-refractivity contribution in [1.29, 1.82) is 0 Å². The van der Waals surface area contributed by atoms with Crippen molar-refractivity contribution in [3.8, 4) is 0 Å². The van der Waals surface area contributed by atoms with E-state index in [1.54, 1.807) is 6.92 Å². The molecule has 0 aliphatic rings. The molecule has 2 atom stereocenters. The van der Waals surface area contributed by atoms with E-state index in [4.69, 9.17) is 4.74 Å². The molecule has 0 aliphatic carbocycles. The molecule has 0 rings (SSSR count). The minimum atomic E-state index is -2.46. The van der Waals surface area contributed by atoms with Crippen LogP contribution in [0.15, 0.2) is 0 Å². The first-order valence-electron chi connectivity index (χ1n) is 11.4. The molecule has 0 saturated carbocycles. The topological polar surface area (TPSA) is 43.4 Å². The van der Waals surface area contributed by atoms with Gasteiger partial charge in [-0.05, 0) is 20.3 Å². The zero-order valence-electron chi connectivity index (χ0n) is 17.8. The molecule has 0 aromatic rings. The zero-order chi connectivity index (χ0) is 19.5. The summed E-state index contributed by atoms with van der Waals surface area (Å²) in [6.45, 7) is 5.86. The van der Waals surface area contributed by atoms with Crippen LogP contribution in [-0.2, 0) is 15.4 Å². The fraction of sp³-hybridized carbons (Fsp3) is 1.00. The number of unbranched alkanes of at least 4 members (excludes halogenated alkanes) is 15. The van der Waals surface area contributed by atoms with E-state index in [2.05, 4.69) is 6.92 Å². The number of thiol groups is 1. The van der Waals surface area contributed by atoms with Gasteiger partial charge in [0.05, 0.1) is 6.10 Å². The van der Waals surface area contributed by atoms with Gasteiger partial charge in [0.1, 0.15) is 0 Å². The summed E-state index contributed by atoms with van der Waals surface area (Å²) in [4.78, 5) is 0. The molecule has 0 aromatic carbocycles. The molecule has 0 heterocycles. The standard InChI is InChI=1S/C22H46O3S/c1-4-5-6-7-8-9-10-11-12-13-14-15-16-17-18-19-20-21(2)25-22(3)26(23)24/h21-22,26H,4-20H2,1-3H3. The lowest BCUT2D eigenvalue weighted by atomic mass is 10.0. The van der Waals surface area contributed by atoms with Gasteiger partial charge in [0, 0.05) is 0 Å². The van der Waals surface area contributed by atoms with E-state index in [0.717, 1.165) is 12.8 Å². The summed E-state index contributed by atoms with van der Waals surface area (Å²) in [5.74, 6) is 0. The fourth-order valence-corrected chi connectivity index (χ4v) is 3.74. The van der Waals surface area contributed by atoms with Crippen molar-refractivity contribution >= 4 is 10.7 Å². The average Bonchev–Trinajstić information content (AvgIpc) is 2.61. The number of rotatable bonds is 20. The van der Waals surface area contributed by atoms with Crippen molar-refractivity contribution in [2.45, 2.75) is 141 Å². The lowest BCUT2D eigenvalue weighted by Gasteiger charge is -2.14. The molecule has 0 bridgehead atoms. The Balaban J connectivity index is 3.17. The number of hydrogen-bond acceptors (Lipinski definition) is 3. The molecule has 0 radical (unpaired) electrons. The maximum Gasteiger partial charge on any atom is 0.166 e. The van der Waals surface area contributed by atoms with E-state index in [0.29, 0.717) is 0 Å². The molecule has 26 heavy (non-hydrogen) atoms. The summed E-state index contributed by atoms with van der Waals surface area (Å²) in [7, 11) is -2.46. The van der Waals surface area contributed by atoms with E-state index in [-0.39, 0.29) is 6.10 Å². The molecule has 0 N–H and O–H groups in total. The van der Waals surface area contributed by atoms with Crippen molar-refractivity contribution in [3.05, 3.63) is 0 Å². The highest BCUT2D eigenvalue weighted by Crippen LogP contribution is 2.15. The maximum atomic E-state index is 10.8. The van der Waals surface area contributed by atoms with Crippen LogP contribution in [-0.4, -0.2) is 20.0 Å². The third-order valence-electron chi connectivity index (χ3n) is 5.19. The maximum absolute atomic E-state index is 10.8. The van der Waals surface area contributed by atoms with Crippen LogP contribution in [0.5, 0.6) is 0 Å². The molecule has 0 aromatic heterocycles. The first kappa shape index (κ1) is 25.9. The van der Waals surface area contributed by atoms with Crippen LogP contribution in [0.1, 0.15) is 130 Å². The van der Waals surface area contributed by atoms with E-state index in [9.17, 15) is 8.42 Å². The Labute approximate surface area is 165 Å². The van der Waals surface area contributed by atoms with Crippen LogP contribution in [0.25, 0.3) is 0 Å². The summed E-state index contributed by atoms with van der Waals surface area (Å²) in [5.41, 5.74) is -0.652. The molecular weight excluding hydrogens is 344 g/mol. The first-order valence-corrected chi connectivity index (χ1v) is 12.6. The van der Waals surface area contributed by atoms with Crippen molar-refractivity contribution < 1.29 is 13.2 Å². The van der Waals surface area contributed by atoms with E-state index in [1.165, 1.54) is 96.3 Å². The Morgan fingerprint density at radius 3 is 1.31 bits per heavy atom. The Kier molecular flexibility index (Phi) is 19.6. The molecule has 0 aliphatic heterocycles. The lowest BCUT2D eigenvalue weighted by molar-refractivity contribution is 0.0457. The highest BCUT2D eigenvalue weighted by molar-refractivity contribution is 7.72. The van der Waals surface area contributed by atoms with Crippen LogP contribution in [0.2, 0.25) is 0 Å². The van der Waals surface area contributed by atoms with Gasteiger partial charge < -0.3 is 4.74 Å². The summed E-state index contributed by atoms with van der Waals surface area (Å²) in [5, 5.41) is 0. The third-order valence-corrected chi connectivity index (χ3v) is 5.91.